The second-order valence-electron chi connectivity index (χ2n) is 3.59. The molecule has 0 saturated heterocycles. The predicted octanol–water partition coefficient (Wildman–Crippen LogP) is 2.87. The maximum Gasteiger partial charge on any atom is 0.304 e. The third kappa shape index (κ3) is 5.94. The summed E-state index contributed by atoms with van der Waals surface area (Å²) in [6, 6.07) is 1.16. The Labute approximate surface area is 114 Å². The van der Waals surface area contributed by atoms with Crippen LogP contribution in [0.15, 0.2) is 12.1 Å². The molecule has 0 amide bonds. The van der Waals surface area contributed by atoms with Crippen molar-refractivity contribution in [3.63, 3.8) is 0 Å². The first kappa shape index (κ1) is 17.7. The predicted molar refractivity (Wildman–Crippen MR) is 66.8 cm³/mol. The van der Waals surface area contributed by atoms with Crippen molar-refractivity contribution < 1.29 is 23.1 Å². The summed E-state index contributed by atoms with van der Waals surface area (Å²) in [5.41, 5.74) is 4.90. The van der Waals surface area contributed by atoms with Gasteiger partial charge in [0, 0.05) is 17.9 Å². The largest absolute Gasteiger partial charge is 0.481 e. The van der Waals surface area contributed by atoms with E-state index in [1.165, 1.54) is 0 Å². The molecule has 1 rings (SSSR count). The molecule has 0 aliphatic heterocycles. The van der Waals surface area contributed by atoms with Gasteiger partial charge in [-0.2, -0.15) is 0 Å². The lowest BCUT2D eigenvalue weighted by atomic mass is 9.95. The minimum atomic E-state index is -1.35. The molecule has 0 aliphatic rings. The fourth-order valence-electron chi connectivity index (χ4n) is 1.40. The first-order chi connectivity index (χ1) is 8.87. The van der Waals surface area contributed by atoms with Crippen LogP contribution in [0, 0.1) is 17.5 Å². The molecular weight excluding hydrogens is 283 g/mol. The van der Waals surface area contributed by atoms with Gasteiger partial charge in [-0.1, -0.05) is 6.92 Å². The normalized spacial score (nSPS) is 11.5. The van der Waals surface area contributed by atoms with Crippen molar-refractivity contribution in [3.8, 4) is 0 Å². The Kier molecular flexibility index (Phi) is 8.18. The molecule has 19 heavy (non-hydrogen) atoms. The molecule has 0 spiro atoms. The fourth-order valence-corrected chi connectivity index (χ4v) is 1.40. The Morgan fingerprint density at radius 1 is 1.42 bits per heavy atom. The second-order valence-corrected chi connectivity index (χ2v) is 4.12. The van der Waals surface area contributed by atoms with Crippen molar-refractivity contribution >= 4 is 17.6 Å². The van der Waals surface area contributed by atoms with E-state index >= 15 is 0 Å². The third-order valence-electron chi connectivity index (χ3n) is 2.17. The van der Waals surface area contributed by atoms with Crippen molar-refractivity contribution in [2.24, 2.45) is 5.73 Å². The molecule has 1 unspecified atom stereocenters. The van der Waals surface area contributed by atoms with Gasteiger partial charge in [0.05, 0.1) is 6.42 Å². The Morgan fingerprint density at radius 2 is 1.95 bits per heavy atom. The van der Waals surface area contributed by atoms with Crippen molar-refractivity contribution in [1.29, 1.82) is 0 Å². The number of hydrogen-bond donors (Lipinski definition) is 2. The molecule has 0 heterocycles. The highest BCUT2D eigenvalue weighted by Gasteiger charge is 2.21. The van der Waals surface area contributed by atoms with Crippen LogP contribution in [0.3, 0.4) is 0 Å². The first-order valence-electron chi connectivity index (χ1n) is 5.49. The Balaban J connectivity index is 0.000000982. The summed E-state index contributed by atoms with van der Waals surface area (Å²) < 4.78 is 39.0. The molecule has 0 fully saturated rings. The Morgan fingerprint density at radius 3 is 2.37 bits per heavy atom. The molecule has 1 atom stereocenters. The van der Waals surface area contributed by atoms with E-state index in [-0.39, 0.29) is 12.1 Å². The standard InChI is InChI=1S/C10H10F3NO2.C2H5Cl/c11-6-2-7(10(13)8(12)3-6)5(4-14)1-9(15)16;1-2-3/h2-3,5H,1,4,14H2,(H,15,16);2H2,1H3. The molecule has 1 aromatic carbocycles. The topological polar surface area (TPSA) is 63.3 Å². The first-order valence-corrected chi connectivity index (χ1v) is 6.03. The van der Waals surface area contributed by atoms with Crippen LogP contribution in [0.5, 0.6) is 0 Å². The minimum Gasteiger partial charge on any atom is -0.481 e. The second kappa shape index (κ2) is 8.77. The zero-order chi connectivity index (χ0) is 15.0. The van der Waals surface area contributed by atoms with Gasteiger partial charge in [-0.25, -0.2) is 13.2 Å². The Hall–Kier alpha value is -1.27. The number of hydrogen-bond acceptors (Lipinski definition) is 2. The van der Waals surface area contributed by atoms with Crippen molar-refractivity contribution in [2.45, 2.75) is 19.3 Å². The maximum absolute atomic E-state index is 13.3. The highest BCUT2D eigenvalue weighted by atomic mass is 35.5. The summed E-state index contributed by atoms with van der Waals surface area (Å²) in [5.74, 6) is -4.99. The van der Waals surface area contributed by atoms with E-state index in [0.29, 0.717) is 6.07 Å². The van der Waals surface area contributed by atoms with E-state index in [2.05, 4.69) is 0 Å². The fraction of sp³-hybridized carbons (Fsp3) is 0.417. The summed E-state index contributed by atoms with van der Waals surface area (Å²) in [6.07, 6.45) is -0.476. The van der Waals surface area contributed by atoms with E-state index < -0.39 is 35.8 Å². The van der Waals surface area contributed by atoms with Gasteiger partial charge < -0.3 is 10.8 Å². The highest BCUT2D eigenvalue weighted by molar-refractivity contribution is 6.17. The summed E-state index contributed by atoms with van der Waals surface area (Å²) in [7, 11) is 0. The van der Waals surface area contributed by atoms with E-state index in [1.807, 2.05) is 6.92 Å². The van der Waals surface area contributed by atoms with Crippen molar-refractivity contribution in [3.05, 3.63) is 35.1 Å². The highest BCUT2D eigenvalue weighted by Crippen LogP contribution is 2.24. The number of benzene rings is 1. The van der Waals surface area contributed by atoms with Crippen LogP contribution in [0.4, 0.5) is 13.2 Å². The molecule has 0 aromatic heterocycles. The van der Waals surface area contributed by atoms with Crippen LogP contribution in [0.2, 0.25) is 0 Å². The van der Waals surface area contributed by atoms with E-state index in [9.17, 15) is 18.0 Å². The smallest absolute Gasteiger partial charge is 0.304 e. The molecule has 0 aliphatic carbocycles. The number of rotatable bonds is 4. The number of halogens is 4. The number of carbonyl (C=O) groups is 1. The lowest BCUT2D eigenvalue weighted by molar-refractivity contribution is -0.137. The van der Waals surface area contributed by atoms with Crippen LogP contribution in [0.25, 0.3) is 0 Å². The molecule has 108 valence electrons. The lowest BCUT2D eigenvalue weighted by Gasteiger charge is -2.14. The SMILES string of the molecule is CCCl.NCC(CC(=O)O)c1cc(F)cc(F)c1F. The molecule has 3 N–H and O–H groups in total. The number of aliphatic carboxylic acids is 1. The van der Waals surface area contributed by atoms with Gasteiger partial charge in [0.1, 0.15) is 5.82 Å². The van der Waals surface area contributed by atoms with Crippen LogP contribution in [-0.2, 0) is 4.79 Å². The molecule has 1 aromatic rings. The number of nitrogens with two attached hydrogens (primary N) is 1. The van der Waals surface area contributed by atoms with Crippen LogP contribution in [0.1, 0.15) is 24.8 Å². The molecular formula is C12H15ClF3NO2. The average Bonchev–Trinajstić information content (AvgIpc) is 2.31. The molecule has 3 nitrogen and oxygen atoms in total. The van der Waals surface area contributed by atoms with Gasteiger partial charge >= 0.3 is 5.97 Å². The van der Waals surface area contributed by atoms with Crippen molar-refractivity contribution in [1.82, 2.24) is 0 Å². The summed E-state index contributed by atoms with van der Waals surface area (Å²) in [6.45, 7) is 1.69. The zero-order valence-corrected chi connectivity index (χ0v) is 11.1. The van der Waals surface area contributed by atoms with E-state index in [0.717, 1.165) is 11.9 Å². The van der Waals surface area contributed by atoms with E-state index in [1.54, 1.807) is 0 Å². The van der Waals surface area contributed by atoms with Crippen molar-refractivity contribution in [2.75, 3.05) is 12.4 Å². The summed E-state index contributed by atoms with van der Waals surface area (Å²) in [4.78, 5) is 10.5. The van der Waals surface area contributed by atoms with Crippen LogP contribution < -0.4 is 5.73 Å². The molecule has 0 bridgehead atoms. The third-order valence-corrected chi connectivity index (χ3v) is 2.17. The molecule has 0 saturated carbocycles. The van der Waals surface area contributed by atoms with Gasteiger partial charge in [-0.05, 0) is 18.2 Å². The lowest BCUT2D eigenvalue weighted by Crippen LogP contribution is -2.18. The molecule has 0 radical (unpaired) electrons. The molecule has 7 heteroatoms. The van der Waals surface area contributed by atoms with E-state index in [4.69, 9.17) is 22.4 Å². The monoisotopic (exact) mass is 297 g/mol. The number of alkyl halides is 1. The quantitative estimate of drug-likeness (QED) is 0.663. The number of carboxylic acid groups (broad SMARTS) is 1. The van der Waals surface area contributed by atoms with Gasteiger partial charge in [-0.15, -0.1) is 11.6 Å². The maximum atomic E-state index is 13.3. The van der Waals surface area contributed by atoms with Gasteiger partial charge in [0.2, 0.25) is 0 Å². The van der Waals surface area contributed by atoms with Gasteiger partial charge in [0.25, 0.3) is 0 Å². The number of carboxylic acids is 1. The Bertz CT molecular complexity index is 430. The minimum absolute atomic E-state index is 0.202. The summed E-state index contributed by atoms with van der Waals surface area (Å²) >= 11 is 5.00. The van der Waals surface area contributed by atoms with Crippen LogP contribution in [-0.4, -0.2) is 23.5 Å². The van der Waals surface area contributed by atoms with Gasteiger partial charge in [-0.3, -0.25) is 4.79 Å². The zero-order valence-electron chi connectivity index (χ0n) is 10.3. The summed E-state index contributed by atoms with van der Waals surface area (Å²) in [5, 5.41) is 8.54. The van der Waals surface area contributed by atoms with Crippen LogP contribution >= 0.6 is 11.6 Å². The average molecular weight is 298 g/mol. The van der Waals surface area contributed by atoms with Gasteiger partial charge in [0.15, 0.2) is 11.6 Å².